The second kappa shape index (κ2) is 3.73. The minimum Gasteiger partial charge on any atom is -0.478 e. The Balaban J connectivity index is 2.86. The Morgan fingerprint density at radius 1 is 1.47 bits per heavy atom. The second-order valence-electron chi connectivity index (χ2n) is 3.94. The van der Waals surface area contributed by atoms with Crippen LogP contribution in [-0.2, 0) is 0 Å². The third kappa shape index (κ3) is 1.71. The van der Waals surface area contributed by atoms with Crippen LogP contribution in [-0.4, -0.2) is 15.6 Å². The van der Waals surface area contributed by atoms with Crippen LogP contribution in [0.3, 0.4) is 0 Å². The number of fused-ring (bicyclic) bond motifs is 1. The largest absolute Gasteiger partial charge is 0.478 e. The molecule has 0 fully saturated rings. The van der Waals surface area contributed by atoms with Crippen LogP contribution in [0.25, 0.3) is 11.1 Å². The Bertz CT molecular complexity index is 653. The van der Waals surface area contributed by atoms with Gasteiger partial charge < -0.3 is 9.52 Å². The molecule has 0 aliphatic heterocycles. The van der Waals surface area contributed by atoms with Crippen LogP contribution in [0.4, 0.5) is 4.39 Å². The molecule has 0 aliphatic rings. The minimum atomic E-state index is -1.27. The van der Waals surface area contributed by atoms with E-state index in [2.05, 4.69) is 0 Å². The van der Waals surface area contributed by atoms with E-state index in [4.69, 9.17) is 9.52 Å². The number of carboxylic acids is 1. The van der Waals surface area contributed by atoms with Crippen molar-refractivity contribution in [3.63, 3.8) is 0 Å². The summed E-state index contributed by atoms with van der Waals surface area (Å²) >= 11 is 0. The van der Waals surface area contributed by atoms with Crippen molar-refractivity contribution in [3.8, 4) is 0 Å². The highest BCUT2D eigenvalue weighted by Gasteiger charge is 2.18. The van der Waals surface area contributed by atoms with E-state index in [1.165, 1.54) is 0 Å². The number of carbonyl (C=O) groups is 1. The van der Waals surface area contributed by atoms with Crippen molar-refractivity contribution in [2.75, 3.05) is 0 Å². The maximum Gasteiger partial charge on any atom is 0.420 e. The fraction of sp³-hybridized carbons (Fsp3) is 0.273. The van der Waals surface area contributed by atoms with Gasteiger partial charge in [0.15, 0.2) is 11.4 Å². The summed E-state index contributed by atoms with van der Waals surface area (Å²) in [6.07, 6.45) is 0. The lowest BCUT2D eigenvalue weighted by molar-refractivity contribution is 0.0696. The van der Waals surface area contributed by atoms with Crippen LogP contribution in [0, 0.1) is 5.82 Å². The fourth-order valence-corrected chi connectivity index (χ4v) is 1.71. The number of halogens is 1. The molecule has 2 aromatic rings. The van der Waals surface area contributed by atoms with E-state index in [9.17, 15) is 14.0 Å². The average Bonchev–Trinajstić information content (AvgIpc) is 2.54. The summed E-state index contributed by atoms with van der Waals surface area (Å²) in [4.78, 5) is 22.2. The van der Waals surface area contributed by atoms with Crippen LogP contribution >= 0.6 is 0 Å². The quantitative estimate of drug-likeness (QED) is 0.870. The van der Waals surface area contributed by atoms with Gasteiger partial charge in [-0.05, 0) is 26.0 Å². The number of rotatable bonds is 2. The van der Waals surface area contributed by atoms with Crippen molar-refractivity contribution >= 4 is 17.1 Å². The smallest absolute Gasteiger partial charge is 0.420 e. The van der Waals surface area contributed by atoms with Gasteiger partial charge in [-0.3, -0.25) is 4.57 Å². The van der Waals surface area contributed by atoms with Crippen molar-refractivity contribution in [2.24, 2.45) is 0 Å². The molecule has 5 nitrogen and oxygen atoms in total. The molecule has 90 valence electrons. The highest BCUT2D eigenvalue weighted by molar-refractivity contribution is 5.92. The zero-order valence-electron chi connectivity index (χ0n) is 9.23. The van der Waals surface area contributed by atoms with Crippen LogP contribution < -0.4 is 5.76 Å². The van der Waals surface area contributed by atoms with Crippen molar-refractivity contribution < 1.29 is 18.7 Å². The number of hydrogen-bond acceptors (Lipinski definition) is 3. The number of oxazole rings is 1. The van der Waals surface area contributed by atoms with Crippen LogP contribution in [0.1, 0.15) is 30.2 Å². The molecule has 1 aromatic carbocycles. The van der Waals surface area contributed by atoms with Gasteiger partial charge in [0.05, 0.1) is 5.56 Å². The topological polar surface area (TPSA) is 72.4 Å². The molecule has 17 heavy (non-hydrogen) atoms. The van der Waals surface area contributed by atoms with Gasteiger partial charge >= 0.3 is 11.7 Å². The maximum atomic E-state index is 13.8. The van der Waals surface area contributed by atoms with Gasteiger partial charge in [0.2, 0.25) is 0 Å². The summed E-state index contributed by atoms with van der Waals surface area (Å²) < 4.78 is 19.7. The lowest BCUT2D eigenvalue weighted by atomic mass is 10.2. The third-order valence-electron chi connectivity index (χ3n) is 2.43. The molecule has 0 atom stereocenters. The standard InChI is InChI=1S/C11H10FNO4/c1-5(2)13-9-7(12)3-6(10(14)15)4-8(9)17-11(13)16/h3-5H,1-2H3,(H,14,15). The highest BCUT2D eigenvalue weighted by Crippen LogP contribution is 2.22. The average molecular weight is 239 g/mol. The third-order valence-corrected chi connectivity index (χ3v) is 2.43. The van der Waals surface area contributed by atoms with E-state index in [0.29, 0.717) is 0 Å². The summed E-state index contributed by atoms with van der Waals surface area (Å²) in [5, 5.41) is 8.76. The molecule has 0 amide bonds. The zero-order chi connectivity index (χ0) is 12.7. The second-order valence-corrected chi connectivity index (χ2v) is 3.94. The number of benzene rings is 1. The molecule has 6 heteroatoms. The number of carboxylic acid groups (broad SMARTS) is 1. The fourth-order valence-electron chi connectivity index (χ4n) is 1.71. The first-order valence-corrected chi connectivity index (χ1v) is 4.99. The van der Waals surface area contributed by atoms with Crippen molar-refractivity contribution in [1.29, 1.82) is 0 Å². The first-order valence-electron chi connectivity index (χ1n) is 4.99. The molecule has 0 bridgehead atoms. The molecule has 0 saturated heterocycles. The van der Waals surface area contributed by atoms with Crippen LogP contribution in [0.2, 0.25) is 0 Å². The normalized spacial score (nSPS) is 11.3. The summed E-state index contributed by atoms with van der Waals surface area (Å²) in [7, 11) is 0. The van der Waals surface area contributed by atoms with E-state index in [0.717, 1.165) is 16.7 Å². The van der Waals surface area contributed by atoms with Crippen LogP contribution in [0.15, 0.2) is 21.3 Å². The Hall–Kier alpha value is -2.11. The zero-order valence-corrected chi connectivity index (χ0v) is 9.23. The molecule has 2 rings (SSSR count). The van der Waals surface area contributed by atoms with E-state index in [-0.39, 0.29) is 22.7 Å². The molecule has 0 radical (unpaired) electrons. The summed E-state index contributed by atoms with van der Waals surface area (Å²) in [6.45, 7) is 3.42. The van der Waals surface area contributed by atoms with Crippen molar-refractivity contribution in [3.05, 3.63) is 34.1 Å². The summed E-state index contributed by atoms with van der Waals surface area (Å²) in [6, 6.07) is 1.74. The van der Waals surface area contributed by atoms with Gasteiger partial charge in [0, 0.05) is 6.04 Å². The Morgan fingerprint density at radius 2 is 2.12 bits per heavy atom. The molecule has 0 spiro atoms. The van der Waals surface area contributed by atoms with E-state index < -0.39 is 17.5 Å². The van der Waals surface area contributed by atoms with E-state index >= 15 is 0 Å². The molecule has 0 saturated carbocycles. The van der Waals surface area contributed by atoms with Crippen LogP contribution in [0.5, 0.6) is 0 Å². The predicted octanol–water partition coefficient (Wildman–Crippen LogP) is 2.01. The van der Waals surface area contributed by atoms with Gasteiger partial charge in [-0.15, -0.1) is 0 Å². The van der Waals surface area contributed by atoms with Gasteiger partial charge in [0.25, 0.3) is 0 Å². The molecule has 0 aliphatic carbocycles. The molecular formula is C11H10FNO4. The van der Waals surface area contributed by atoms with Gasteiger partial charge in [-0.25, -0.2) is 14.0 Å². The van der Waals surface area contributed by atoms with Gasteiger partial charge in [-0.1, -0.05) is 0 Å². The Kier molecular flexibility index (Phi) is 2.49. The van der Waals surface area contributed by atoms with Gasteiger partial charge in [-0.2, -0.15) is 0 Å². The molecular weight excluding hydrogens is 229 g/mol. The lowest BCUT2D eigenvalue weighted by Gasteiger charge is -2.06. The Morgan fingerprint density at radius 3 is 2.65 bits per heavy atom. The first-order chi connectivity index (χ1) is 7.91. The first kappa shape index (κ1) is 11.4. The van der Waals surface area contributed by atoms with Crippen molar-refractivity contribution in [2.45, 2.75) is 19.9 Å². The molecule has 1 aromatic heterocycles. The maximum absolute atomic E-state index is 13.8. The summed E-state index contributed by atoms with van der Waals surface area (Å²) in [5.74, 6) is -2.75. The monoisotopic (exact) mass is 239 g/mol. The van der Waals surface area contributed by atoms with Crippen molar-refractivity contribution in [1.82, 2.24) is 4.57 Å². The van der Waals surface area contributed by atoms with E-state index in [1.54, 1.807) is 13.8 Å². The molecule has 0 unspecified atom stereocenters. The highest BCUT2D eigenvalue weighted by atomic mass is 19.1. The molecule has 1 heterocycles. The molecule has 1 N–H and O–H groups in total. The lowest BCUT2D eigenvalue weighted by Crippen LogP contribution is -2.16. The Labute approximate surface area is 95.1 Å². The number of aromatic carboxylic acids is 1. The minimum absolute atomic E-state index is 0.00463. The summed E-state index contributed by atoms with van der Waals surface area (Å²) in [5.41, 5.74) is -0.309. The van der Waals surface area contributed by atoms with Gasteiger partial charge in [0.1, 0.15) is 5.52 Å². The number of hydrogen-bond donors (Lipinski definition) is 1. The van der Waals surface area contributed by atoms with E-state index in [1.807, 2.05) is 0 Å². The number of nitrogens with zero attached hydrogens (tertiary/aromatic N) is 1. The predicted molar refractivity (Wildman–Crippen MR) is 57.8 cm³/mol. The number of aromatic nitrogens is 1. The SMILES string of the molecule is CC(C)n1c(=O)oc2cc(C(=O)O)cc(F)c21.